The van der Waals surface area contributed by atoms with Crippen LogP contribution in [0.3, 0.4) is 0 Å². The van der Waals surface area contributed by atoms with Gasteiger partial charge in [-0.1, -0.05) is 60.7 Å². The second kappa shape index (κ2) is 9.54. The Morgan fingerprint density at radius 1 is 0.938 bits per heavy atom. The van der Waals surface area contributed by atoms with Crippen molar-refractivity contribution in [3.63, 3.8) is 0 Å². The molecule has 162 valence electrons. The summed E-state index contributed by atoms with van der Waals surface area (Å²) in [5, 5.41) is 6.57. The van der Waals surface area contributed by atoms with Gasteiger partial charge in [0.1, 0.15) is 12.4 Å². The minimum Gasteiger partial charge on any atom is -0.489 e. The first kappa shape index (κ1) is 20.7. The minimum atomic E-state index is 0.341. The van der Waals surface area contributed by atoms with Crippen molar-refractivity contribution in [2.75, 3.05) is 0 Å². The van der Waals surface area contributed by atoms with Gasteiger partial charge >= 0.3 is 0 Å². The molecule has 3 nitrogen and oxygen atoms in total. The summed E-state index contributed by atoms with van der Waals surface area (Å²) >= 11 is 0. The third kappa shape index (κ3) is 4.68. The van der Waals surface area contributed by atoms with Gasteiger partial charge in [-0.15, -0.1) is 0 Å². The molecule has 0 unspecified atom stereocenters. The van der Waals surface area contributed by atoms with Gasteiger partial charge in [-0.25, -0.2) is 0 Å². The van der Waals surface area contributed by atoms with Crippen molar-refractivity contribution in [1.29, 1.82) is 0 Å². The van der Waals surface area contributed by atoms with E-state index in [4.69, 9.17) is 4.74 Å². The Kier molecular flexibility index (Phi) is 6.17. The minimum absolute atomic E-state index is 0.341. The molecule has 1 aliphatic rings. The summed E-state index contributed by atoms with van der Waals surface area (Å²) < 4.78 is 5.92. The van der Waals surface area contributed by atoms with Gasteiger partial charge in [-0.2, -0.15) is 0 Å². The van der Waals surface area contributed by atoms with Gasteiger partial charge in [-0.05, 0) is 72.2 Å². The van der Waals surface area contributed by atoms with E-state index in [0.29, 0.717) is 24.6 Å². The van der Waals surface area contributed by atoms with E-state index in [2.05, 4.69) is 84.0 Å². The van der Waals surface area contributed by atoms with Crippen LogP contribution >= 0.6 is 0 Å². The summed E-state index contributed by atoms with van der Waals surface area (Å²) in [4.78, 5) is 4.14. The summed E-state index contributed by atoms with van der Waals surface area (Å²) in [6, 6.07) is 28.8. The highest BCUT2D eigenvalue weighted by molar-refractivity contribution is 5.86. The highest BCUT2D eigenvalue weighted by atomic mass is 16.5. The molecule has 1 aromatic heterocycles. The molecule has 0 spiro atoms. The van der Waals surface area contributed by atoms with Crippen LogP contribution in [0.25, 0.3) is 10.8 Å². The van der Waals surface area contributed by atoms with E-state index in [1.165, 1.54) is 41.2 Å². The topological polar surface area (TPSA) is 34.1 Å². The van der Waals surface area contributed by atoms with Crippen molar-refractivity contribution in [3.05, 3.63) is 108 Å². The lowest BCUT2D eigenvalue weighted by molar-refractivity contribution is 0.305. The number of benzene rings is 3. The number of nitrogens with zero attached hydrogens (tertiary/aromatic N) is 1. The smallest absolute Gasteiger partial charge is 0.119 e. The lowest BCUT2D eigenvalue weighted by Crippen LogP contribution is -2.29. The van der Waals surface area contributed by atoms with E-state index in [1.807, 2.05) is 18.3 Å². The van der Waals surface area contributed by atoms with Gasteiger partial charge < -0.3 is 10.1 Å². The molecule has 0 aliphatic heterocycles. The van der Waals surface area contributed by atoms with Crippen LogP contribution in [0.15, 0.2) is 91.3 Å². The molecule has 3 heteroatoms. The normalized spacial score (nSPS) is 19.2. The number of hydrogen-bond donors (Lipinski definition) is 1. The standard InChI is InChI=1S/C29H30N2O/c1-21(28-10-4-8-24-7-2-3-9-29(24)28)31-26-14-11-25(18-26)23-12-15-27(16-13-23)32-20-22-6-5-17-30-19-22/h2-10,12-13,15-17,19,21,25-26,31H,11,14,18,20H2,1H3/t21-,25+,26-/m1/s1. The summed E-state index contributed by atoms with van der Waals surface area (Å²) in [7, 11) is 0. The number of nitrogens with one attached hydrogen (secondary N) is 1. The van der Waals surface area contributed by atoms with Crippen molar-refractivity contribution in [2.45, 2.75) is 50.8 Å². The predicted molar refractivity (Wildman–Crippen MR) is 131 cm³/mol. The van der Waals surface area contributed by atoms with Crippen LogP contribution in [0.1, 0.15) is 54.8 Å². The van der Waals surface area contributed by atoms with Crippen molar-refractivity contribution in [1.82, 2.24) is 10.3 Å². The van der Waals surface area contributed by atoms with Crippen LogP contribution in [0, 0.1) is 0 Å². The molecule has 0 bridgehead atoms. The first-order valence-corrected chi connectivity index (χ1v) is 11.6. The fourth-order valence-electron chi connectivity index (χ4n) is 4.99. The van der Waals surface area contributed by atoms with Crippen LogP contribution in [-0.2, 0) is 6.61 Å². The van der Waals surface area contributed by atoms with Gasteiger partial charge in [0.2, 0.25) is 0 Å². The Labute approximate surface area is 190 Å². The van der Waals surface area contributed by atoms with Crippen molar-refractivity contribution >= 4 is 10.8 Å². The molecule has 1 aliphatic carbocycles. The Balaban J connectivity index is 1.18. The molecule has 3 aromatic carbocycles. The predicted octanol–water partition coefficient (Wildman–Crippen LogP) is 6.80. The van der Waals surface area contributed by atoms with E-state index in [-0.39, 0.29) is 0 Å². The zero-order valence-corrected chi connectivity index (χ0v) is 18.6. The molecule has 5 rings (SSSR count). The molecule has 0 radical (unpaired) electrons. The van der Waals surface area contributed by atoms with Crippen LogP contribution in [0.5, 0.6) is 5.75 Å². The summed E-state index contributed by atoms with van der Waals surface area (Å²) in [5.74, 6) is 1.52. The summed E-state index contributed by atoms with van der Waals surface area (Å²) in [6.07, 6.45) is 7.27. The van der Waals surface area contributed by atoms with Crippen molar-refractivity contribution in [3.8, 4) is 5.75 Å². The molecule has 1 fully saturated rings. The average Bonchev–Trinajstić information content (AvgIpc) is 3.31. The van der Waals surface area contributed by atoms with Gasteiger partial charge in [0.25, 0.3) is 0 Å². The monoisotopic (exact) mass is 422 g/mol. The molecule has 0 saturated heterocycles. The second-order valence-electron chi connectivity index (χ2n) is 8.88. The quantitative estimate of drug-likeness (QED) is 0.356. The van der Waals surface area contributed by atoms with E-state index in [0.717, 1.165) is 11.3 Å². The third-order valence-corrected chi connectivity index (χ3v) is 6.69. The number of fused-ring (bicyclic) bond motifs is 1. The molecule has 3 atom stereocenters. The molecule has 1 N–H and O–H groups in total. The molecule has 32 heavy (non-hydrogen) atoms. The highest BCUT2D eigenvalue weighted by Crippen LogP contribution is 2.36. The first-order chi connectivity index (χ1) is 15.8. The molecular weight excluding hydrogens is 392 g/mol. The fourth-order valence-corrected chi connectivity index (χ4v) is 4.99. The third-order valence-electron chi connectivity index (χ3n) is 6.69. The lowest BCUT2D eigenvalue weighted by Gasteiger charge is -2.21. The zero-order valence-electron chi connectivity index (χ0n) is 18.6. The number of pyridine rings is 1. The fraction of sp³-hybridized carbons (Fsp3) is 0.276. The van der Waals surface area contributed by atoms with E-state index in [9.17, 15) is 0 Å². The van der Waals surface area contributed by atoms with Crippen molar-refractivity contribution < 1.29 is 4.74 Å². The number of aromatic nitrogens is 1. The molecule has 1 saturated carbocycles. The Hall–Kier alpha value is -3.17. The first-order valence-electron chi connectivity index (χ1n) is 11.6. The number of ether oxygens (including phenoxy) is 1. The Morgan fingerprint density at radius 3 is 2.62 bits per heavy atom. The largest absolute Gasteiger partial charge is 0.489 e. The van der Waals surface area contributed by atoms with Gasteiger partial charge in [0.05, 0.1) is 0 Å². The maximum absolute atomic E-state index is 5.92. The van der Waals surface area contributed by atoms with Crippen LogP contribution in [-0.4, -0.2) is 11.0 Å². The number of rotatable bonds is 7. The number of hydrogen-bond acceptors (Lipinski definition) is 3. The van der Waals surface area contributed by atoms with Gasteiger partial charge in [0.15, 0.2) is 0 Å². The van der Waals surface area contributed by atoms with E-state index < -0.39 is 0 Å². The van der Waals surface area contributed by atoms with Crippen LogP contribution in [0.2, 0.25) is 0 Å². The SMILES string of the molecule is C[C@@H](N[C@@H]1CC[C@H](c2ccc(OCc3cccnc3)cc2)C1)c1cccc2ccccc12. The van der Waals surface area contributed by atoms with E-state index >= 15 is 0 Å². The molecule has 1 heterocycles. The summed E-state index contributed by atoms with van der Waals surface area (Å²) in [6.45, 7) is 2.85. The average molecular weight is 423 g/mol. The molecular formula is C29H30N2O. The maximum atomic E-state index is 5.92. The van der Waals surface area contributed by atoms with E-state index in [1.54, 1.807) is 6.20 Å². The molecule has 4 aromatic rings. The van der Waals surface area contributed by atoms with Gasteiger partial charge in [0, 0.05) is 30.0 Å². The Bertz CT molecular complexity index is 1150. The summed E-state index contributed by atoms with van der Waals surface area (Å²) in [5.41, 5.74) is 3.89. The van der Waals surface area contributed by atoms with Crippen molar-refractivity contribution in [2.24, 2.45) is 0 Å². The zero-order chi connectivity index (χ0) is 21.8. The second-order valence-corrected chi connectivity index (χ2v) is 8.88. The van der Waals surface area contributed by atoms with Crippen LogP contribution in [0.4, 0.5) is 0 Å². The maximum Gasteiger partial charge on any atom is 0.119 e. The Morgan fingerprint density at radius 2 is 1.78 bits per heavy atom. The van der Waals surface area contributed by atoms with Gasteiger partial charge in [-0.3, -0.25) is 4.98 Å². The highest BCUT2D eigenvalue weighted by Gasteiger charge is 2.27. The lowest BCUT2D eigenvalue weighted by atomic mass is 9.96. The molecule has 0 amide bonds. The van der Waals surface area contributed by atoms with Crippen LogP contribution < -0.4 is 10.1 Å².